The first-order valence-electron chi connectivity index (χ1n) is 15.7. The Morgan fingerprint density at radius 3 is 2.67 bits per heavy atom. The Bertz CT molecular complexity index is 1560. The number of ether oxygens (including phenoxy) is 2. The molecule has 0 spiro atoms. The van der Waals surface area contributed by atoms with Crippen molar-refractivity contribution in [2.75, 3.05) is 38.2 Å². The monoisotopic (exact) mass is 651 g/mol. The summed E-state index contributed by atoms with van der Waals surface area (Å²) < 4.78 is 12.5. The number of aryl methyl sites for hydroxylation is 1. The van der Waals surface area contributed by atoms with Gasteiger partial charge in [-0.1, -0.05) is 0 Å². The van der Waals surface area contributed by atoms with Crippen LogP contribution in [0.4, 0.5) is 10.5 Å². The van der Waals surface area contributed by atoms with Crippen molar-refractivity contribution in [1.82, 2.24) is 30.0 Å². The third kappa shape index (κ3) is 8.97. The number of anilines is 1. The molecule has 0 radical (unpaired) electrons. The lowest BCUT2D eigenvalue weighted by atomic mass is 10.1. The SMILES string of the molecule is CC(C)(C)OC(=O)NCCC(=O)N1CCCC(=O)c2nn(C3CCOCC3)cc2NC(=O)c2csc(n2)-c2ccnc(c2)CCC1. The first-order chi connectivity index (χ1) is 22.1. The lowest BCUT2D eigenvalue weighted by Crippen LogP contribution is -2.37. The zero-order chi connectivity index (χ0) is 32.7. The van der Waals surface area contributed by atoms with Crippen molar-refractivity contribution in [3.05, 3.63) is 47.0 Å². The van der Waals surface area contributed by atoms with Gasteiger partial charge in [0.1, 0.15) is 16.3 Å². The van der Waals surface area contributed by atoms with E-state index in [1.807, 2.05) is 12.1 Å². The number of amides is 3. The van der Waals surface area contributed by atoms with Crippen LogP contribution in [0.15, 0.2) is 29.9 Å². The third-order valence-corrected chi connectivity index (χ3v) is 8.55. The standard InChI is InChI=1S/C32H41N7O6S/c1-32(2,3)45-31(43)34-13-9-27(41)38-14-4-6-22-18-21(8-12-33-22)30-36-25(20-46-30)29(42)35-24-19-39(23-10-16-44-17-11-23)37-28(24)26(40)7-5-15-38/h8,12,18-20,23H,4-7,9-11,13-17H2,1-3H3,(H,34,43)(H,35,42). The molecule has 0 unspecified atom stereocenters. The molecule has 2 aliphatic heterocycles. The largest absolute Gasteiger partial charge is 0.444 e. The number of rotatable bonds is 4. The molecule has 1 fully saturated rings. The van der Waals surface area contributed by atoms with Crippen LogP contribution in [0.25, 0.3) is 10.6 Å². The number of alkyl carbamates (subject to hydrolysis) is 1. The molecular weight excluding hydrogens is 610 g/mol. The van der Waals surface area contributed by atoms with Crippen LogP contribution in [-0.2, 0) is 20.7 Å². The molecule has 5 heterocycles. The summed E-state index contributed by atoms with van der Waals surface area (Å²) in [6.07, 6.45) is 6.29. The van der Waals surface area contributed by atoms with E-state index in [0.717, 1.165) is 24.1 Å². The summed E-state index contributed by atoms with van der Waals surface area (Å²) in [7, 11) is 0. The van der Waals surface area contributed by atoms with Crippen LogP contribution in [-0.4, -0.2) is 86.8 Å². The molecule has 0 saturated carbocycles. The van der Waals surface area contributed by atoms with Crippen molar-refractivity contribution in [2.45, 2.75) is 77.4 Å². The summed E-state index contributed by atoms with van der Waals surface area (Å²) in [6, 6.07) is 3.86. The van der Waals surface area contributed by atoms with Gasteiger partial charge in [0, 0.05) is 74.7 Å². The zero-order valence-electron chi connectivity index (χ0n) is 26.5. The Morgan fingerprint density at radius 1 is 1.15 bits per heavy atom. The predicted molar refractivity (Wildman–Crippen MR) is 172 cm³/mol. The summed E-state index contributed by atoms with van der Waals surface area (Å²) in [4.78, 5) is 63.0. The first kappa shape index (κ1) is 33.2. The smallest absolute Gasteiger partial charge is 0.407 e. The summed E-state index contributed by atoms with van der Waals surface area (Å²) in [6.45, 7) is 7.48. The van der Waals surface area contributed by atoms with Crippen LogP contribution >= 0.6 is 11.3 Å². The fraction of sp³-hybridized carbons (Fsp3) is 0.531. The fourth-order valence-electron chi connectivity index (χ4n) is 5.38. The average Bonchev–Trinajstić information content (AvgIpc) is 3.68. The molecule has 3 amide bonds. The quantitative estimate of drug-likeness (QED) is 0.409. The van der Waals surface area contributed by atoms with E-state index < -0.39 is 17.6 Å². The number of carbonyl (C=O) groups excluding carboxylic acids is 4. The van der Waals surface area contributed by atoms with Gasteiger partial charge in [-0.15, -0.1) is 11.3 Å². The van der Waals surface area contributed by atoms with Crippen LogP contribution in [0, 0.1) is 0 Å². The minimum Gasteiger partial charge on any atom is -0.444 e. The van der Waals surface area contributed by atoms with E-state index in [9.17, 15) is 19.2 Å². The minimum atomic E-state index is -0.637. The molecule has 5 rings (SSSR count). The van der Waals surface area contributed by atoms with E-state index in [1.165, 1.54) is 11.3 Å². The van der Waals surface area contributed by atoms with Gasteiger partial charge in [-0.25, -0.2) is 9.78 Å². The highest BCUT2D eigenvalue weighted by Gasteiger charge is 2.25. The molecule has 0 aliphatic carbocycles. The van der Waals surface area contributed by atoms with Gasteiger partial charge in [0.15, 0.2) is 11.5 Å². The Morgan fingerprint density at radius 2 is 1.91 bits per heavy atom. The molecule has 1 saturated heterocycles. The van der Waals surface area contributed by atoms with Crippen molar-refractivity contribution in [2.24, 2.45) is 0 Å². The van der Waals surface area contributed by atoms with Crippen molar-refractivity contribution in [3.63, 3.8) is 0 Å². The normalized spacial score (nSPS) is 17.0. The highest BCUT2D eigenvalue weighted by Crippen LogP contribution is 2.28. The van der Waals surface area contributed by atoms with Crippen molar-refractivity contribution < 1.29 is 28.7 Å². The molecular formula is C32H41N7O6S. The number of fused-ring (bicyclic) bond motifs is 6. The van der Waals surface area contributed by atoms with E-state index in [0.29, 0.717) is 56.3 Å². The number of carbonyl (C=O) groups is 4. The van der Waals surface area contributed by atoms with Gasteiger partial charge in [-0.05, 0) is 65.0 Å². The number of Topliss-reactive ketones (excluding diaryl/α,β-unsaturated/α-hetero) is 1. The molecule has 3 aromatic heterocycles. The molecule has 2 N–H and O–H groups in total. The summed E-state index contributed by atoms with van der Waals surface area (Å²) >= 11 is 1.36. The molecule has 0 atom stereocenters. The van der Waals surface area contributed by atoms with Gasteiger partial charge in [-0.3, -0.25) is 24.0 Å². The molecule has 14 heteroatoms. The van der Waals surface area contributed by atoms with Gasteiger partial charge in [0.25, 0.3) is 5.91 Å². The molecule has 246 valence electrons. The molecule has 13 nitrogen and oxygen atoms in total. The maximum atomic E-state index is 13.5. The van der Waals surface area contributed by atoms with Crippen LogP contribution in [0.2, 0.25) is 0 Å². The Kier molecular flexibility index (Phi) is 10.8. The first-order valence-corrected chi connectivity index (χ1v) is 16.6. The van der Waals surface area contributed by atoms with Crippen LogP contribution in [0.5, 0.6) is 0 Å². The number of ketones is 1. The number of hydrogen-bond acceptors (Lipinski definition) is 10. The number of nitrogens with zero attached hydrogens (tertiary/aromatic N) is 5. The Hall–Kier alpha value is -4.17. The van der Waals surface area contributed by atoms with E-state index in [4.69, 9.17) is 9.47 Å². The molecule has 46 heavy (non-hydrogen) atoms. The molecule has 2 aliphatic rings. The third-order valence-electron chi connectivity index (χ3n) is 7.66. The van der Waals surface area contributed by atoms with Crippen molar-refractivity contribution >= 4 is 40.7 Å². The van der Waals surface area contributed by atoms with Crippen LogP contribution in [0.3, 0.4) is 0 Å². The maximum Gasteiger partial charge on any atom is 0.407 e. The van der Waals surface area contributed by atoms with Gasteiger partial charge < -0.3 is 25.0 Å². The lowest BCUT2D eigenvalue weighted by Gasteiger charge is -2.23. The number of aromatic nitrogens is 4. The summed E-state index contributed by atoms with van der Waals surface area (Å²) in [5, 5.41) is 12.5. The highest BCUT2D eigenvalue weighted by molar-refractivity contribution is 7.13. The van der Waals surface area contributed by atoms with Gasteiger partial charge >= 0.3 is 6.09 Å². The second-order valence-electron chi connectivity index (χ2n) is 12.4. The Labute approximate surface area is 272 Å². The minimum absolute atomic E-state index is 0.0572. The summed E-state index contributed by atoms with van der Waals surface area (Å²) in [5.74, 6) is -0.777. The number of nitrogens with one attached hydrogen (secondary N) is 2. The van der Waals surface area contributed by atoms with Crippen molar-refractivity contribution in [1.29, 1.82) is 0 Å². The van der Waals surface area contributed by atoms with E-state index in [2.05, 4.69) is 25.7 Å². The van der Waals surface area contributed by atoms with Gasteiger partial charge in [0.05, 0.1) is 11.7 Å². The number of hydrogen-bond donors (Lipinski definition) is 2. The summed E-state index contributed by atoms with van der Waals surface area (Å²) in [5.41, 5.74) is 1.84. The average molecular weight is 652 g/mol. The van der Waals surface area contributed by atoms with Crippen molar-refractivity contribution in [3.8, 4) is 10.6 Å². The predicted octanol–water partition coefficient (Wildman–Crippen LogP) is 4.66. The maximum absolute atomic E-state index is 13.5. The topological polar surface area (TPSA) is 158 Å². The number of thiazole rings is 1. The van der Waals surface area contributed by atoms with Gasteiger partial charge in [-0.2, -0.15) is 5.10 Å². The Balaban J connectivity index is 1.36. The molecule has 4 bridgehead atoms. The van der Waals surface area contributed by atoms with E-state index in [-0.39, 0.29) is 48.5 Å². The highest BCUT2D eigenvalue weighted by atomic mass is 32.1. The number of pyridine rings is 1. The van der Waals surface area contributed by atoms with Crippen LogP contribution in [0.1, 0.15) is 92.0 Å². The molecule has 3 aromatic rings. The van der Waals surface area contributed by atoms with E-state index >= 15 is 0 Å². The van der Waals surface area contributed by atoms with Gasteiger partial charge in [0.2, 0.25) is 5.91 Å². The second kappa shape index (κ2) is 14.9. The fourth-order valence-corrected chi connectivity index (χ4v) is 6.17. The molecule has 0 aromatic carbocycles. The van der Waals surface area contributed by atoms with Crippen LogP contribution < -0.4 is 10.6 Å². The zero-order valence-corrected chi connectivity index (χ0v) is 27.4. The lowest BCUT2D eigenvalue weighted by molar-refractivity contribution is -0.131. The van der Waals surface area contributed by atoms with E-state index in [1.54, 1.807) is 48.1 Å². The second-order valence-corrected chi connectivity index (χ2v) is 13.3.